The molecule has 76 valence electrons. The molecule has 0 aliphatic heterocycles. The monoisotopic (exact) mass is 202 g/mol. The lowest BCUT2D eigenvalue weighted by atomic mass is 10.3. The van der Waals surface area contributed by atoms with Crippen molar-refractivity contribution >= 4 is 17.8 Å². The third-order valence-corrected chi connectivity index (χ3v) is 2.07. The number of fused-ring (bicyclic) bond motifs is 1. The maximum atomic E-state index is 11.3. The van der Waals surface area contributed by atoms with Crippen LogP contribution in [0.2, 0.25) is 0 Å². The summed E-state index contributed by atoms with van der Waals surface area (Å²) in [4.78, 5) is 11.3. The lowest BCUT2D eigenvalue weighted by Crippen LogP contribution is -2.19. The van der Waals surface area contributed by atoms with Gasteiger partial charge in [-0.15, -0.1) is 0 Å². The standard InChI is InChI=1S/C12H10O3/c1-7(2)12(13)15-10-8(3)6-9-4-5-14-11(9)10/h4-6H,1,3H2,2H3. The van der Waals surface area contributed by atoms with E-state index in [0.717, 1.165) is 5.22 Å². The molecule has 0 aromatic carbocycles. The highest BCUT2D eigenvalue weighted by Gasteiger charge is 2.17. The summed E-state index contributed by atoms with van der Waals surface area (Å²) in [5.74, 6) is -0.0909. The highest BCUT2D eigenvalue weighted by molar-refractivity contribution is 5.92. The van der Waals surface area contributed by atoms with Gasteiger partial charge in [0, 0.05) is 16.4 Å². The molecule has 2 rings (SSSR count). The minimum atomic E-state index is -0.469. The third-order valence-electron chi connectivity index (χ3n) is 2.07. The molecule has 0 atom stereocenters. The second-order valence-corrected chi connectivity index (χ2v) is 3.37. The highest BCUT2D eigenvalue weighted by atomic mass is 16.5. The van der Waals surface area contributed by atoms with Crippen molar-refractivity contribution < 1.29 is 13.9 Å². The Morgan fingerprint density at radius 2 is 2.27 bits per heavy atom. The van der Waals surface area contributed by atoms with Crippen molar-refractivity contribution in [2.75, 3.05) is 0 Å². The van der Waals surface area contributed by atoms with Crippen LogP contribution in [-0.2, 0) is 9.53 Å². The van der Waals surface area contributed by atoms with Crippen LogP contribution >= 0.6 is 0 Å². The summed E-state index contributed by atoms with van der Waals surface area (Å²) >= 11 is 0. The Hall–Kier alpha value is -2.03. The number of hydrogen-bond acceptors (Lipinski definition) is 3. The molecule has 0 fully saturated rings. The summed E-state index contributed by atoms with van der Waals surface area (Å²) in [6.45, 7) is 8.87. The first kappa shape index (κ1) is 9.52. The van der Waals surface area contributed by atoms with Crippen molar-refractivity contribution in [3.8, 4) is 0 Å². The molecule has 1 aliphatic carbocycles. The van der Waals surface area contributed by atoms with Gasteiger partial charge < -0.3 is 9.15 Å². The molecule has 0 N–H and O–H groups in total. The number of rotatable bonds is 2. The Kier molecular flexibility index (Phi) is 2.08. The van der Waals surface area contributed by atoms with Gasteiger partial charge in [0.2, 0.25) is 0 Å². The second kappa shape index (κ2) is 3.28. The zero-order valence-electron chi connectivity index (χ0n) is 8.37. The number of ether oxygens (including phenoxy) is 1. The van der Waals surface area contributed by atoms with Gasteiger partial charge in [-0.25, -0.2) is 4.79 Å². The van der Waals surface area contributed by atoms with Crippen molar-refractivity contribution in [1.82, 2.24) is 0 Å². The maximum Gasteiger partial charge on any atom is 0.338 e. The predicted molar refractivity (Wildman–Crippen MR) is 55.9 cm³/mol. The van der Waals surface area contributed by atoms with Crippen LogP contribution in [0.5, 0.6) is 0 Å². The molecule has 0 unspecified atom stereocenters. The summed E-state index contributed by atoms with van der Waals surface area (Å²) in [5, 5.41) is 0.879. The van der Waals surface area contributed by atoms with E-state index in [1.54, 1.807) is 25.3 Å². The Morgan fingerprint density at radius 1 is 1.53 bits per heavy atom. The van der Waals surface area contributed by atoms with Crippen molar-refractivity contribution in [2.45, 2.75) is 6.92 Å². The predicted octanol–water partition coefficient (Wildman–Crippen LogP) is 0.857. The zero-order valence-corrected chi connectivity index (χ0v) is 8.37. The lowest BCUT2D eigenvalue weighted by Gasteiger charge is -2.04. The summed E-state index contributed by atoms with van der Waals surface area (Å²) in [6, 6.07) is 1.79. The Labute approximate surface area is 86.7 Å². The van der Waals surface area contributed by atoms with Gasteiger partial charge in [-0.05, 0) is 19.1 Å². The van der Waals surface area contributed by atoms with E-state index in [4.69, 9.17) is 9.15 Å². The highest BCUT2D eigenvalue weighted by Crippen LogP contribution is 2.15. The van der Waals surface area contributed by atoms with Crippen LogP contribution in [0.15, 0.2) is 41.1 Å². The fourth-order valence-corrected chi connectivity index (χ4v) is 1.31. The molecule has 1 aromatic heterocycles. The van der Waals surface area contributed by atoms with Gasteiger partial charge in [0.15, 0.2) is 11.2 Å². The van der Waals surface area contributed by atoms with Gasteiger partial charge in [0.1, 0.15) is 0 Å². The summed E-state index contributed by atoms with van der Waals surface area (Å²) in [7, 11) is 0. The van der Waals surface area contributed by atoms with Gasteiger partial charge in [0.05, 0.1) is 6.26 Å². The summed E-state index contributed by atoms with van der Waals surface area (Å²) < 4.78 is 10.3. The van der Waals surface area contributed by atoms with Gasteiger partial charge in [-0.2, -0.15) is 0 Å². The van der Waals surface area contributed by atoms with Crippen LogP contribution in [0.4, 0.5) is 0 Å². The normalized spacial score (nSPS) is 13.4. The molecule has 0 saturated carbocycles. The van der Waals surface area contributed by atoms with Crippen molar-refractivity contribution in [3.63, 3.8) is 0 Å². The van der Waals surface area contributed by atoms with Crippen LogP contribution in [0.3, 0.4) is 0 Å². The average molecular weight is 202 g/mol. The maximum absolute atomic E-state index is 11.3. The fraction of sp³-hybridized carbons (Fsp3) is 0.0833. The van der Waals surface area contributed by atoms with Crippen molar-refractivity contribution in [2.24, 2.45) is 0 Å². The van der Waals surface area contributed by atoms with Crippen LogP contribution in [0.1, 0.15) is 6.92 Å². The minimum Gasteiger partial charge on any atom is -0.460 e. The molecular weight excluding hydrogens is 192 g/mol. The summed E-state index contributed by atoms with van der Waals surface area (Å²) in [6.07, 6.45) is 3.35. The van der Waals surface area contributed by atoms with E-state index >= 15 is 0 Å². The molecule has 15 heavy (non-hydrogen) atoms. The van der Waals surface area contributed by atoms with E-state index in [-0.39, 0.29) is 0 Å². The first-order valence-corrected chi connectivity index (χ1v) is 4.46. The van der Waals surface area contributed by atoms with Crippen LogP contribution in [-0.4, -0.2) is 5.97 Å². The molecule has 0 amide bonds. The molecule has 0 spiro atoms. The molecule has 1 aromatic rings. The molecule has 0 bridgehead atoms. The molecule has 3 nitrogen and oxygen atoms in total. The molecule has 1 heterocycles. The van der Waals surface area contributed by atoms with E-state index in [1.807, 2.05) is 0 Å². The van der Waals surface area contributed by atoms with Gasteiger partial charge in [0.25, 0.3) is 0 Å². The number of carbonyl (C=O) groups excluding carboxylic acids is 1. The molecule has 3 heteroatoms. The number of furan rings is 1. The van der Waals surface area contributed by atoms with Crippen molar-refractivity contribution in [1.29, 1.82) is 0 Å². The minimum absolute atomic E-state index is 0.343. The molecule has 0 saturated heterocycles. The summed E-state index contributed by atoms with van der Waals surface area (Å²) in [5.41, 5.74) is 1.53. The smallest absolute Gasteiger partial charge is 0.338 e. The number of hydrogen-bond donors (Lipinski definition) is 0. The third kappa shape index (κ3) is 1.52. The first-order valence-electron chi connectivity index (χ1n) is 4.46. The Balaban J connectivity index is 2.45. The zero-order chi connectivity index (χ0) is 11.0. The molecular formula is C12H10O3. The number of carbonyl (C=O) groups is 1. The topological polar surface area (TPSA) is 39.4 Å². The lowest BCUT2D eigenvalue weighted by molar-refractivity contribution is -0.132. The first-order chi connectivity index (χ1) is 7.09. The van der Waals surface area contributed by atoms with Crippen molar-refractivity contribution in [3.05, 3.63) is 47.3 Å². The average Bonchev–Trinajstić information content (AvgIpc) is 2.69. The van der Waals surface area contributed by atoms with Crippen LogP contribution in [0, 0.1) is 0 Å². The van der Waals surface area contributed by atoms with E-state index in [0.29, 0.717) is 22.3 Å². The van der Waals surface area contributed by atoms with E-state index in [9.17, 15) is 4.79 Å². The quantitative estimate of drug-likeness (QED) is 0.527. The van der Waals surface area contributed by atoms with Gasteiger partial charge in [-0.1, -0.05) is 13.2 Å². The van der Waals surface area contributed by atoms with Gasteiger partial charge >= 0.3 is 5.97 Å². The molecule has 0 radical (unpaired) electrons. The Bertz CT molecular complexity index is 572. The number of esters is 1. The van der Waals surface area contributed by atoms with Gasteiger partial charge in [-0.3, -0.25) is 0 Å². The molecule has 1 aliphatic rings. The Morgan fingerprint density at radius 3 is 2.93 bits per heavy atom. The SMILES string of the molecule is C=C(C)C(=O)OC1=c2occc2=CC1=C. The van der Waals surface area contributed by atoms with E-state index in [2.05, 4.69) is 13.2 Å². The van der Waals surface area contributed by atoms with E-state index < -0.39 is 5.97 Å². The van der Waals surface area contributed by atoms with Crippen LogP contribution in [0.25, 0.3) is 11.8 Å². The van der Waals surface area contributed by atoms with Crippen LogP contribution < -0.4 is 10.6 Å². The second-order valence-electron chi connectivity index (χ2n) is 3.37. The van der Waals surface area contributed by atoms with E-state index in [1.165, 1.54) is 0 Å². The largest absolute Gasteiger partial charge is 0.460 e. The fourth-order valence-electron chi connectivity index (χ4n) is 1.31.